The van der Waals surface area contributed by atoms with Gasteiger partial charge in [-0.1, -0.05) is 0 Å². The van der Waals surface area contributed by atoms with Crippen molar-refractivity contribution in [3.05, 3.63) is 40.6 Å². The summed E-state index contributed by atoms with van der Waals surface area (Å²) in [4.78, 5) is 0. The molecule has 0 spiro atoms. The van der Waals surface area contributed by atoms with Crippen molar-refractivity contribution in [2.24, 2.45) is 5.73 Å². The van der Waals surface area contributed by atoms with Gasteiger partial charge in [-0.05, 0) is 32.9 Å². The van der Waals surface area contributed by atoms with Gasteiger partial charge in [0.05, 0.1) is 12.2 Å². The van der Waals surface area contributed by atoms with Gasteiger partial charge in [0.2, 0.25) is 0 Å². The molecule has 86 valence electrons. The monoisotopic (exact) mass is 219 g/mol. The molecular weight excluding hydrogens is 202 g/mol. The summed E-state index contributed by atoms with van der Waals surface area (Å²) >= 11 is 0. The predicted octanol–water partition coefficient (Wildman–Crippen LogP) is 1.91. The highest BCUT2D eigenvalue weighted by atomic mass is 16.3. The van der Waals surface area contributed by atoms with Crippen molar-refractivity contribution in [3.8, 4) is 0 Å². The fourth-order valence-corrected chi connectivity index (χ4v) is 1.85. The van der Waals surface area contributed by atoms with E-state index in [1.165, 1.54) is 0 Å². The van der Waals surface area contributed by atoms with Crippen LogP contribution < -0.4 is 5.73 Å². The number of nitrogens with zero attached hydrogens (tertiary/aromatic N) is 2. The van der Waals surface area contributed by atoms with Crippen molar-refractivity contribution < 1.29 is 4.42 Å². The molecule has 0 aliphatic carbocycles. The SMILES string of the molecule is Cc1cc(C)n(Cc2cc(CN)c(C)o2)n1. The summed E-state index contributed by atoms with van der Waals surface area (Å²) in [5.74, 6) is 1.81. The van der Waals surface area contributed by atoms with Gasteiger partial charge in [0.1, 0.15) is 11.5 Å². The van der Waals surface area contributed by atoms with E-state index in [4.69, 9.17) is 10.2 Å². The van der Waals surface area contributed by atoms with Gasteiger partial charge in [0.25, 0.3) is 0 Å². The topological polar surface area (TPSA) is 57.0 Å². The highest BCUT2D eigenvalue weighted by Crippen LogP contribution is 2.15. The number of rotatable bonds is 3. The molecule has 0 atom stereocenters. The molecular formula is C12H17N3O. The van der Waals surface area contributed by atoms with E-state index in [2.05, 4.69) is 11.2 Å². The van der Waals surface area contributed by atoms with Gasteiger partial charge >= 0.3 is 0 Å². The zero-order valence-electron chi connectivity index (χ0n) is 9.95. The van der Waals surface area contributed by atoms with E-state index in [0.29, 0.717) is 13.1 Å². The van der Waals surface area contributed by atoms with Crippen LogP contribution in [0.1, 0.15) is 28.5 Å². The van der Waals surface area contributed by atoms with Crippen LogP contribution in [-0.4, -0.2) is 9.78 Å². The highest BCUT2D eigenvalue weighted by Gasteiger charge is 2.08. The van der Waals surface area contributed by atoms with Crippen molar-refractivity contribution in [3.63, 3.8) is 0 Å². The van der Waals surface area contributed by atoms with Crippen LogP contribution in [0.5, 0.6) is 0 Å². The second kappa shape index (κ2) is 4.14. The molecule has 0 bridgehead atoms. The standard InChI is InChI=1S/C12H17N3O/c1-8-4-9(2)15(14-8)7-12-5-11(6-13)10(3)16-12/h4-5H,6-7,13H2,1-3H3. The van der Waals surface area contributed by atoms with Gasteiger partial charge in [0.15, 0.2) is 0 Å². The minimum atomic E-state index is 0.520. The largest absolute Gasteiger partial charge is 0.464 e. The first-order valence-corrected chi connectivity index (χ1v) is 5.39. The average Bonchev–Trinajstić information content (AvgIpc) is 2.71. The van der Waals surface area contributed by atoms with Crippen LogP contribution in [0.3, 0.4) is 0 Å². The second-order valence-corrected chi connectivity index (χ2v) is 4.08. The van der Waals surface area contributed by atoms with E-state index in [1.54, 1.807) is 0 Å². The number of furan rings is 1. The van der Waals surface area contributed by atoms with E-state index >= 15 is 0 Å². The summed E-state index contributed by atoms with van der Waals surface area (Å²) in [6, 6.07) is 4.06. The zero-order valence-corrected chi connectivity index (χ0v) is 9.95. The molecule has 2 heterocycles. The molecule has 0 unspecified atom stereocenters. The molecule has 0 aromatic carbocycles. The zero-order chi connectivity index (χ0) is 11.7. The van der Waals surface area contributed by atoms with Crippen molar-refractivity contribution in [2.75, 3.05) is 0 Å². The van der Waals surface area contributed by atoms with E-state index < -0.39 is 0 Å². The maximum absolute atomic E-state index is 5.63. The molecule has 16 heavy (non-hydrogen) atoms. The van der Waals surface area contributed by atoms with Gasteiger partial charge in [-0.25, -0.2) is 0 Å². The second-order valence-electron chi connectivity index (χ2n) is 4.08. The molecule has 0 saturated carbocycles. The maximum Gasteiger partial charge on any atom is 0.125 e. The van der Waals surface area contributed by atoms with Crippen LogP contribution in [0.15, 0.2) is 16.5 Å². The first-order chi connectivity index (χ1) is 7.60. The highest BCUT2D eigenvalue weighted by molar-refractivity contribution is 5.21. The van der Waals surface area contributed by atoms with E-state index in [-0.39, 0.29) is 0 Å². The summed E-state index contributed by atoms with van der Waals surface area (Å²) < 4.78 is 7.57. The third-order valence-electron chi connectivity index (χ3n) is 2.70. The van der Waals surface area contributed by atoms with Crippen molar-refractivity contribution in [1.29, 1.82) is 0 Å². The van der Waals surface area contributed by atoms with Crippen LogP contribution in [0.25, 0.3) is 0 Å². The molecule has 0 saturated heterocycles. The predicted molar refractivity (Wildman–Crippen MR) is 62.1 cm³/mol. The lowest BCUT2D eigenvalue weighted by atomic mass is 10.2. The summed E-state index contributed by atoms with van der Waals surface area (Å²) in [5.41, 5.74) is 8.84. The molecule has 4 nitrogen and oxygen atoms in total. The normalized spacial score (nSPS) is 11.0. The molecule has 0 radical (unpaired) electrons. The Morgan fingerprint density at radius 2 is 2.06 bits per heavy atom. The minimum Gasteiger partial charge on any atom is -0.464 e. The fraction of sp³-hybridized carbons (Fsp3) is 0.417. The summed E-state index contributed by atoms with van der Waals surface area (Å²) in [6.45, 7) is 7.15. The molecule has 0 fully saturated rings. The Kier molecular flexibility index (Phi) is 2.83. The van der Waals surface area contributed by atoms with Crippen LogP contribution in [-0.2, 0) is 13.1 Å². The molecule has 0 aliphatic heterocycles. The molecule has 2 aromatic rings. The molecule has 2 N–H and O–H groups in total. The number of hydrogen-bond donors (Lipinski definition) is 1. The molecule has 0 amide bonds. The van der Waals surface area contributed by atoms with Gasteiger partial charge in [-0.3, -0.25) is 4.68 Å². The summed E-state index contributed by atoms with van der Waals surface area (Å²) in [6.07, 6.45) is 0. The Labute approximate surface area is 95.1 Å². The number of nitrogens with two attached hydrogens (primary N) is 1. The average molecular weight is 219 g/mol. The van der Waals surface area contributed by atoms with Crippen LogP contribution in [0, 0.1) is 20.8 Å². The molecule has 2 rings (SSSR count). The maximum atomic E-state index is 5.63. The molecule has 0 aliphatic rings. The Bertz CT molecular complexity index is 496. The Morgan fingerprint density at radius 3 is 2.56 bits per heavy atom. The van der Waals surface area contributed by atoms with Crippen LogP contribution >= 0.6 is 0 Å². The first-order valence-electron chi connectivity index (χ1n) is 5.39. The van der Waals surface area contributed by atoms with Crippen LogP contribution in [0.2, 0.25) is 0 Å². The van der Waals surface area contributed by atoms with Gasteiger partial charge in [0, 0.05) is 17.8 Å². The lowest BCUT2D eigenvalue weighted by Crippen LogP contribution is -2.03. The van der Waals surface area contributed by atoms with Crippen LogP contribution in [0.4, 0.5) is 0 Å². The molecule has 2 aromatic heterocycles. The summed E-state index contributed by atoms with van der Waals surface area (Å²) in [5, 5.41) is 4.40. The quantitative estimate of drug-likeness (QED) is 0.857. The number of aromatic nitrogens is 2. The third-order valence-corrected chi connectivity index (χ3v) is 2.70. The summed E-state index contributed by atoms with van der Waals surface area (Å²) in [7, 11) is 0. The first kappa shape index (κ1) is 11.0. The number of aryl methyl sites for hydroxylation is 3. The lowest BCUT2D eigenvalue weighted by Gasteiger charge is -2.00. The Hall–Kier alpha value is -1.55. The minimum absolute atomic E-state index is 0.520. The number of hydrogen-bond acceptors (Lipinski definition) is 3. The Morgan fingerprint density at radius 1 is 1.31 bits per heavy atom. The van der Waals surface area contributed by atoms with Crippen molar-refractivity contribution in [1.82, 2.24) is 9.78 Å². The lowest BCUT2D eigenvalue weighted by molar-refractivity contribution is 0.454. The van der Waals surface area contributed by atoms with Gasteiger partial charge in [-0.15, -0.1) is 0 Å². The van der Waals surface area contributed by atoms with E-state index in [1.807, 2.05) is 31.5 Å². The van der Waals surface area contributed by atoms with E-state index in [9.17, 15) is 0 Å². The molecule has 4 heteroatoms. The van der Waals surface area contributed by atoms with Gasteiger partial charge in [-0.2, -0.15) is 5.10 Å². The van der Waals surface area contributed by atoms with Gasteiger partial charge < -0.3 is 10.2 Å². The van der Waals surface area contributed by atoms with Crippen molar-refractivity contribution in [2.45, 2.75) is 33.9 Å². The fourth-order valence-electron chi connectivity index (χ4n) is 1.85. The third kappa shape index (κ3) is 2.02. The smallest absolute Gasteiger partial charge is 0.125 e. The Balaban J connectivity index is 2.23. The van der Waals surface area contributed by atoms with Crippen molar-refractivity contribution >= 4 is 0 Å². The van der Waals surface area contributed by atoms with E-state index in [0.717, 1.165) is 28.5 Å².